The fourth-order valence-corrected chi connectivity index (χ4v) is 1.80. The molecule has 0 heterocycles. The summed E-state index contributed by atoms with van der Waals surface area (Å²) in [5, 5.41) is 21.4. The van der Waals surface area contributed by atoms with Crippen molar-refractivity contribution < 1.29 is 15.0 Å². The van der Waals surface area contributed by atoms with Crippen LogP contribution < -0.4 is 11.1 Å². The van der Waals surface area contributed by atoms with Crippen LogP contribution in [0.1, 0.15) is 21.5 Å². The molecule has 0 atom stereocenters. The molecule has 0 saturated heterocycles. The van der Waals surface area contributed by atoms with Gasteiger partial charge in [-0.25, -0.2) is 0 Å². The number of carbonyl (C=O) groups excluding carboxylic acids is 1. The molecule has 0 aliphatic rings. The van der Waals surface area contributed by atoms with E-state index < -0.39 is 0 Å². The Morgan fingerprint density at radius 1 is 1.00 bits per heavy atom. The van der Waals surface area contributed by atoms with Gasteiger partial charge in [-0.05, 0) is 23.3 Å². The minimum atomic E-state index is -0.362. The van der Waals surface area contributed by atoms with E-state index >= 15 is 0 Å². The number of nitrogens with two attached hydrogens (primary N) is 1. The normalized spacial score (nSPS) is 10.2. The standard InChI is InChI=1S/C15H16N2O3/c16-8-10-1-3-11(4-2-10)9-17-15(20)12-5-13(18)7-14(19)6-12/h1-7,18-19H,8-9,16H2,(H,17,20). The largest absolute Gasteiger partial charge is 0.508 e. The molecule has 0 radical (unpaired) electrons. The van der Waals surface area contributed by atoms with Crippen LogP contribution in [0, 0.1) is 0 Å². The predicted octanol–water partition coefficient (Wildman–Crippen LogP) is 1.49. The van der Waals surface area contributed by atoms with E-state index in [1.165, 1.54) is 18.2 Å². The van der Waals surface area contributed by atoms with Crippen molar-refractivity contribution >= 4 is 5.91 Å². The van der Waals surface area contributed by atoms with Gasteiger partial charge in [-0.1, -0.05) is 24.3 Å². The van der Waals surface area contributed by atoms with Crippen molar-refractivity contribution in [1.82, 2.24) is 5.32 Å². The van der Waals surface area contributed by atoms with E-state index in [0.29, 0.717) is 13.1 Å². The molecule has 0 unspecified atom stereocenters. The molecule has 0 aromatic heterocycles. The first kappa shape index (κ1) is 13.9. The molecule has 20 heavy (non-hydrogen) atoms. The third kappa shape index (κ3) is 3.49. The van der Waals surface area contributed by atoms with Gasteiger partial charge in [-0.15, -0.1) is 0 Å². The van der Waals surface area contributed by atoms with Gasteiger partial charge in [0.1, 0.15) is 11.5 Å². The molecule has 5 heteroatoms. The Kier molecular flexibility index (Phi) is 4.22. The number of hydrogen-bond donors (Lipinski definition) is 4. The van der Waals surface area contributed by atoms with E-state index in [2.05, 4.69) is 5.32 Å². The number of hydrogen-bond acceptors (Lipinski definition) is 4. The van der Waals surface area contributed by atoms with Crippen LogP contribution in [0.15, 0.2) is 42.5 Å². The van der Waals surface area contributed by atoms with Crippen molar-refractivity contribution in [3.8, 4) is 11.5 Å². The number of rotatable bonds is 4. The molecule has 5 nitrogen and oxygen atoms in total. The van der Waals surface area contributed by atoms with Gasteiger partial charge in [0.05, 0.1) is 0 Å². The van der Waals surface area contributed by atoms with Crippen molar-refractivity contribution in [2.75, 3.05) is 0 Å². The summed E-state index contributed by atoms with van der Waals surface area (Å²) in [5.41, 5.74) is 7.69. The Balaban J connectivity index is 2.00. The molecule has 1 amide bonds. The summed E-state index contributed by atoms with van der Waals surface area (Å²) >= 11 is 0. The third-order valence-electron chi connectivity index (χ3n) is 2.88. The fraction of sp³-hybridized carbons (Fsp3) is 0.133. The molecular formula is C15H16N2O3. The van der Waals surface area contributed by atoms with Gasteiger partial charge in [0, 0.05) is 24.7 Å². The number of benzene rings is 2. The van der Waals surface area contributed by atoms with Crippen molar-refractivity contribution in [2.45, 2.75) is 13.1 Å². The van der Waals surface area contributed by atoms with Crippen LogP contribution in [-0.2, 0) is 13.1 Å². The third-order valence-corrected chi connectivity index (χ3v) is 2.88. The highest BCUT2D eigenvalue weighted by molar-refractivity contribution is 5.94. The fourth-order valence-electron chi connectivity index (χ4n) is 1.80. The second-order valence-electron chi connectivity index (χ2n) is 4.44. The highest BCUT2D eigenvalue weighted by atomic mass is 16.3. The van der Waals surface area contributed by atoms with Crippen LogP contribution >= 0.6 is 0 Å². The first-order valence-electron chi connectivity index (χ1n) is 6.17. The van der Waals surface area contributed by atoms with Gasteiger partial charge in [0.15, 0.2) is 0 Å². The maximum absolute atomic E-state index is 11.9. The lowest BCUT2D eigenvalue weighted by atomic mass is 10.1. The van der Waals surface area contributed by atoms with E-state index in [-0.39, 0.29) is 23.0 Å². The summed E-state index contributed by atoms with van der Waals surface area (Å²) in [7, 11) is 0. The predicted molar refractivity (Wildman–Crippen MR) is 75.3 cm³/mol. The average molecular weight is 272 g/mol. The van der Waals surface area contributed by atoms with Gasteiger partial charge in [-0.3, -0.25) is 4.79 Å². The topological polar surface area (TPSA) is 95.6 Å². The van der Waals surface area contributed by atoms with Gasteiger partial charge in [-0.2, -0.15) is 0 Å². The number of aromatic hydroxyl groups is 2. The Morgan fingerprint density at radius 3 is 2.10 bits per heavy atom. The summed E-state index contributed by atoms with van der Waals surface area (Å²) in [5.74, 6) is -0.663. The number of phenolic OH excluding ortho intramolecular Hbond substituents is 2. The first-order valence-corrected chi connectivity index (χ1v) is 6.17. The zero-order valence-corrected chi connectivity index (χ0v) is 10.8. The maximum Gasteiger partial charge on any atom is 0.251 e. The van der Waals surface area contributed by atoms with Crippen molar-refractivity contribution in [3.63, 3.8) is 0 Å². The molecule has 0 aliphatic heterocycles. The summed E-state index contributed by atoms with van der Waals surface area (Å²) in [6.07, 6.45) is 0. The van der Waals surface area contributed by atoms with Crippen LogP contribution in [0.3, 0.4) is 0 Å². The second-order valence-corrected chi connectivity index (χ2v) is 4.44. The Bertz CT molecular complexity index is 589. The van der Waals surface area contributed by atoms with Crippen LogP contribution in [0.5, 0.6) is 11.5 Å². The van der Waals surface area contributed by atoms with Crippen LogP contribution in [0.2, 0.25) is 0 Å². The minimum Gasteiger partial charge on any atom is -0.508 e. The highest BCUT2D eigenvalue weighted by Crippen LogP contribution is 2.20. The Labute approximate surface area is 116 Å². The summed E-state index contributed by atoms with van der Waals surface area (Å²) in [4.78, 5) is 11.9. The Morgan fingerprint density at radius 2 is 1.55 bits per heavy atom. The molecule has 0 spiro atoms. The van der Waals surface area contributed by atoms with Crippen molar-refractivity contribution in [1.29, 1.82) is 0 Å². The van der Waals surface area contributed by atoms with Crippen molar-refractivity contribution in [3.05, 3.63) is 59.2 Å². The maximum atomic E-state index is 11.9. The van der Waals surface area contributed by atoms with E-state index in [0.717, 1.165) is 11.1 Å². The smallest absolute Gasteiger partial charge is 0.251 e. The monoisotopic (exact) mass is 272 g/mol. The highest BCUT2D eigenvalue weighted by Gasteiger charge is 2.08. The minimum absolute atomic E-state index is 0.151. The summed E-state index contributed by atoms with van der Waals surface area (Å²) in [6, 6.07) is 11.4. The Hall–Kier alpha value is -2.53. The molecule has 2 rings (SSSR count). The molecule has 2 aromatic carbocycles. The molecule has 0 bridgehead atoms. The number of nitrogens with one attached hydrogen (secondary N) is 1. The molecule has 0 saturated carbocycles. The molecule has 5 N–H and O–H groups in total. The molecule has 0 aliphatic carbocycles. The van der Waals surface area contributed by atoms with Crippen molar-refractivity contribution in [2.24, 2.45) is 5.73 Å². The average Bonchev–Trinajstić information content (AvgIpc) is 2.44. The lowest BCUT2D eigenvalue weighted by Crippen LogP contribution is -2.22. The van der Waals surface area contributed by atoms with Gasteiger partial charge in [0.2, 0.25) is 0 Å². The second kappa shape index (κ2) is 6.08. The molecule has 104 valence electrons. The van der Waals surface area contributed by atoms with E-state index in [9.17, 15) is 15.0 Å². The molecule has 2 aromatic rings. The SMILES string of the molecule is NCc1ccc(CNC(=O)c2cc(O)cc(O)c2)cc1. The van der Waals surface area contributed by atoms with Gasteiger partial charge >= 0.3 is 0 Å². The van der Waals surface area contributed by atoms with Crippen LogP contribution in [0.25, 0.3) is 0 Å². The van der Waals surface area contributed by atoms with E-state index in [1.54, 1.807) is 0 Å². The van der Waals surface area contributed by atoms with E-state index in [4.69, 9.17) is 5.73 Å². The first-order chi connectivity index (χ1) is 9.58. The number of phenols is 2. The quantitative estimate of drug-likeness (QED) is 0.678. The summed E-state index contributed by atoms with van der Waals surface area (Å²) in [6.45, 7) is 0.843. The molecular weight excluding hydrogens is 256 g/mol. The van der Waals surface area contributed by atoms with Gasteiger partial charge < -0.3 is 21.3 Å². The number of amides is 1. The van der Waals surface area contributed by atoms with E-state index in [1.807, 2.05) is 24.3 Å². The van der Waals surface area contributed by atoms with Gasteiger partial charge in [0.25, 0.3) is 5.91 Å². The lowest BCUT2D eigenvalue weighted by Gasteiger charge is -2.07. The summed E-state index contributed by atoms with van der Waals surface area (Å²) < 4.78 is 0. The molecule has 0 fully saturated rings. The number of carbonyl (C=O) groups is 1. The zero-order chi connectivity index (χ0) is 14.5. The van der Waals surface area contributed by atoms with Crippen LogP contribution in [-0.4, -0.2) is 16.1 Å². The lowest BCUT2D eigenvalue weighted by molar-refractivity contribution is 0.0950. The van der Waals surface area contributed by atoms with Crippen LogP contribution in [0.4, 0.5) is 0 Å². The zero-order valence-electron chi connectivity index (χ0n) is 10.8.